The molecule has 0 amide bonds. The molecule has 3 atom stereocenters. The fourth-order valence-electron chi connectivity index (χ4n) is 2.77. The second-order valence-electron chi connectivity index (χ2n) is 5.72. The van der Waals surface area contributed by atoms with Crippen molar-refractivity contribution in [3.8, 4) is 0 Å². The van der Waals surface area contributed by atoms with Crippen LogP contribution in [0.15, 0.2) is 0 Å². The molecular formula is C13H29N3. The van der Waals surface area contributed by atoms with Crippen molar-refractivity contribution >= 4 is 0 Å². The van der Waals surface area contributed by atoms with Crippen LogP contribution in [0.2, 0.25) is 0 Å². The van der Waals surface area contributed by atoms with E-state index in [9.17, 15) is 0 Å². The largest absolute Gasteiger partial charge is 0.329 e. The van der Waals surface area contributed by atoms with Crippen molar-refractivity contribution < 1.29 is 0 Å². The average Bonchev–Trinajstić information content (AvgIpc) is 2.25. The van der Waals surface area contributed by atoms with Crippen molar-refractivity contribution in [1.29, 1.82) is 0 Å². The summed E-state index contributed by atoms with van der Waals surface area (Å²) in [5, 5.41) is 0. The molecule has 1 heterocycles. The van der Waals surface area contributed by atoms with Crippen molar-refractivity contribution in [1.82, 2.24) is 9.80 Å². The Kier molecular flexibility index (Phi) is 4.77. The van der Waals surface area contributed by atoms with Crippen molar-refractivity contribution in [2.75, 3.05) is 26.7 Å². The van der Waals surface area contributed by atoms with Crippen LogP contribution in [-0.4, -0.2) is 54.1 Å². The average molecular weight is 227 g/mol. The summed E-state index contributed by atoms with van der Waals surface area (Å²) in [7, 11) is 2.23. The van der Waals surface area contributed by atoms with Gasteiger partial charge in [0, 0.05) is 37.3 Å². The molecule has 0 aromatic carbocycles. The van der Waals surface area contributed by atoms with Gasteiger partial charge in [-0.25, -0.2) is 0 Å². The zero-order valence-electron chi connectivity index (χ0n) is 11.7. The van der Waals surface area contributed by atoms with E-state index in [2.05, 4.69) is 44.5 Å². The first-order valence-electron chi connectivity index (χ1n) is 6.61. The lowest BCUT2D eigenvalue weighted by Gasteiger charge is -2.50. The van der Waals surface area contributed by atoms with Crippen molar-refractivity contribution in [3.63, 3.8) is 0 Å². The van der Waals surface area contributed by atoms with Crippen LogP contribution in [-0.2, 0) is 0 Å². The lowest BCUT2D eigenvalue weighted by Crippen LogP contribution is -2.63. The molecule has 0 aromatic heterocycles. The van der Waals surface area contributed by atoms with Gasteiger partial charge in [-0.1, -0.05) is 13.3 Å². The van der Waals surface area contributed by atoms with Gasteiger partial charge in [0.15, 0.2) is 0 Å². The highest BCUT2D eigenvalue weighted by Crippen LogP contribution is 2.25. The van der Waals surface area contributed by atoms with E-state index in [0.717, 1.165) is 19.6 Å². The Morgan fingerprint density at radius 2 is 1.75 bits per heavy atom. The first-order valence-corrected chi connectivity index (χ1v) is 6.61. The number of nitrogens with two attached hydrogens (primary N) is 1. The van der Waals surface area contributed by atoms with Crippen molar-refractivity contribution in [3.05, 3.63) is 0 Å². The molecule has 0 bridgehead atoms. The van der Waals surface area contributed by atoms with E-state index in [1.165, 1.54) is 12.8 Å². The molecule has 0 aliphatic carbocycles. The predicted molar refractivity (Wildman–Crippen MR) is 70.6 cm³/mol. The molecule has 16 heavy (non-hydrogen) atoms. The van der Waals surface area contributed by atoms with E-state index in [-0.39, 0.29) is 5.54 Å². The Balaban J connectivity index is 2.72. The molecule has 96 valence electrons. The highest BCUT2D eigenvalue weighted by molar-refractivity contribution is 4.94. The second kappa shape index (κ2) is 5.48. The summed E-state index contributed by atoms with van der Waals surface area (Å²) in [6.07, 6.45) is 2.41. The smallest absolute Gasteiger partial charge is 0.0304 e. The molecule has 1 aliphatic rings. The lowest BCUT2D eigenvalue weighted by atomic mass is 9.91. The van der Waals surface area contributed by atoms with Gasteiger partial charge in [-0.2, -0.15) is 0 Å². The maximum atomic E-state index is 5.99. The summed E-state index contributed by atoms with van der Waals surface area (Å²) in [5.41, 5.74) is 6.19. The van der Waals surface area contributed by atoms with Gasteiger partial charge >= 0.3 is 0 Å². The number of nitrogens with zero attached hydrogens (tertiary/aromatic N) is 2. The van der Waals surface area contributed by atoms with E-state index in [0.29, 0.717) is 12.1 Å². The molecule has 0 spiro atoms. The minimum absolute atomic E-state index is 0.193. The Hall–Kier alpha value is -0.120. The molecule has 1 rings (SSSR count). The van der Waals surface area contributed by atoms with Crippen LogP contribution in [0.1, 0.15) is 40.5 Å². The van der Waals surface area contributed by atoms with Gasteiger partial charge in [-0.05, 0) is 34.2 Å². The maximum absolute atomic E-state index is 5.99. The third-order valence-electron chi connectivity index (χ3n) is 4.35. The zero-order valence-corrected chi connectivity index (χ0v) is 11.7. The van der Waals surface area contributed by atoms with E-state index in [1.54, 1.807) is 0 Å². The van der Waals surface area contributed by atoms with E-state index in [1.807, 2.05) is 0 Å². The van der Waals surface area contributed by atoms with E-state index < -0.39 is 0 Å². The highest BCUT2D eigenvalue weighted by atomic mass is 15.3. The fraction of sp³-hybridized carbons (Fsp3) is 1.00. The maximum Gasteiger partial charge on any atom is 0.0304 e. The van der Waals surface area contributed by atoms with Crippen LogP contribution in [0.3, 0.4) is 0 Å². The Labute approximate surface area is 101 Å². The van der Waals surface area contributed by atoms with Crippen molar-refractivity contribution in [2.45, 2.75) is 58.2 Å². The summed E-state index contributed by atoms with van der Waals surface area (Å²) in [6, 6.07) is 1.26. The van der Waals surface area contributed by atoms with Gasteiger partial charge < -0.3 is 5.73 Å². The number of piperazine rings is 1. The minimum atomic E-state index is 0.193. The fourth-order valence-corrected chi connectivity index (χ4v) is 2.77. The summed E-state index contributed by atoms with van der Waals surface area (Å²) in [6.45, 7) is 12.3. The zero-order chi connectivity index (χ0) is 12.3. The first-order chi connectivity index (χ1) is 7.44. The molecule has 1 fully saturated rings. The molecule has 3 heteroatoms. The summed E-state index contributed by atoms with van der Waals surface area (Å²) in [5.74, 6) is 0. The standard InChI is InChI=1S/C13H29N3/c1-6-7-13(4,10-14)16-8-11(2)15(5)12(3)9-16/h11-12H,6-10,14H2,1-5H3. The molecule has 0 aromatic rings. The number of hydrogen-bond acceptors (Lipinski definition) is 3. The molecule has 1 aliphatic heterocycles. The number of likely N-dealkylation sites (N-methyl/N-ethyl adjacent to an activating group) is 1. The van der Waals surface area contributed by atoms with E-state index >= 15 is 0 Å². The third-order valence-corrected chi connectivity index (χ3v) is 4.35. The van der Waals surface area contributed by atoms with Crippen molar-refractivity contribution in [2.24, 2.45) is 5.73 Å². The summed E-state index contributed by atoms with van der Waals surface area (Å²) >= 11 is 0. The molecule has 3 nitrogen and oxygen atoms in total. The second-order valence-corrected chi connectivity index (χ2v) is 5.72. The van der Waals surface area contributed by atoms with Gasteiger partial charge in [0.25, 0.3) is 0 Å². The van der Waals surface area contributed by atoms with Gasteiger partial charge in [0.2, 0.25) is 0 Å². The molecule has 2 N–H and O–H groups in total. The monoisotopic (exact) mass is 227 g/mol. The highest BCUT2D eigenvalue weighted by Gasteiger charge is 2.36. The summed E-state index contributed by atoms with van der Waals surface area (Å²) < 4.78 is 0. The van der Waals surface area contributed by atoms with Crippen LogP contribution >= 0.6 is 0 Å². The van der Waals surface area contributed by atoms with Gasteiger partial charge in [0.1, 0.15) is 0 Å². The molecule has 0 radical (unpaired) electrons. The molecular weight excluding hydrogens is 198 g/mol. The Morgan fingerprint density at radius 3 is 2.12 bits per heavy atom. The van der Waals surface area contributed by atoms with Crippen LogP contribution in [0.4, 0.5) is 0 Å². The topological polar surface area (TPSA) is 32.5 Å². The molecule has 1 saturated heterocycles. The predicted octanol–water partition coefficient (Wildman–Crippen LogP) is 1.53. The van der Waals surface area contributed by atoms with Gasteiger partial charge in [0.05, 0.1) is 0 Å². The molecule has 0 saturated carbocycles. The third kappa shape index (κ3) is 2.76. The number of rotatable bonds is 4. The van der Waals surface area contributed by atoms with Gasteiger partial charge in [-0.15, -0.1) is 0 Å². The molecule has 3 unspecified atom stereocenters. The summed E-state index contributed by atoms with van der Waals surface area (Å²) in [4.78, 5) is 5.07. The minimum Gasteiger partial charge on any atom is -0.329 e. The van der Waals surface area contributed by atoms with Crippen LogP contribution < -0.4 is 5.73 Å². The van der Waals surface area contributed by atoms with Crippen LogP contribution in [0, 0.1) is 0 Å². The Bertz CT molecular complexity index is 207. The van der Waals surface area contributed by atoms with E-state index in [4.69, 9.17) is 5.73 Å². The first kappa shape index (κ1) is 13.9. The quantitative estimate of drug-likeness (QED) is 0.790. The van der Waals surface area contributed by atoms with Crippen LogP contribution in [0.25, 0.3) is 0 Å². The van der Waals surface area contributed by atoms with Gasteiger partial charge in [-0.3, -0.25) is 9.80 Å². The Morgan fingerprint density at radius 1 is 1.25 bits per heavy atom. The normalized spacial score (nSPS) is 32.6. The lowest BCUT2D eigenvalue weighted by molar-refractivity contribution is -0.00600. The number of hydrogen-bond donors (Lipinski definition) is 1. The SMILES string of the molecule is CCCC(C)(CN)N1CC(C)N(C)C(C)C1. The van der Waals surface area contributed by atoms with Crippen LogP contribution in [0.5, 0.6) is 0 Å².